The Morgan fingerprint density at radius 1 is 1.35 bits per heavy atom. The molecular formula is C14H26BrNO. The van der Waals surface area contributed by atoms with Crippen molar-refractivity contribution in [3.05, 3.63) is 0 Å². The van der Waals surface area contributed by atoms with E-state index in [1.54, 1.807) is 0 Å². The molecule has 1 aliphatic rings. The Labute approximate surface area is 114 Å². The lowest BCUT2D eigenvalue weighted by Crippen LogP contribution is -2.48. The molecule has 3 heteroatoms. The summed E-state index contributed by atoms with van der Waals surface area (Å²) in [5, 5.41) is 3.11. The summed E-state index contributed by atoms with van der Waals surface area (Å²) in [5.74, 6) is 0.992. The van der Waals surface area contributed by atoms with Gasteiger partial charge in [-0.3, -0.25) is 4.79 Å². The minimum atomic E-state index is -0.163. The number of halogens is 1. The maximum atomic E-state index is 11.9. The van der Waals surface area contributed by atoms with Crippen LogP contribution in [0.2, 0.25) is 0 Å². The number of alkyl halides is 1. The van der Waals surface area contributed by atoms with Crippen molar-refractivity contribution < 1.29 is 4.79 Å². The van der Waals surface area contributed by atoms with Crippen LogP contribution in [0.5, 0.6) is 0 Å². The van der Waals surface area contributed by atoms with Gasteiger partial charge in [-0.25, -0.2) is 0 Å². The van der Waals surface area contributed by atoms with Gasteiger partial charge in [0, 0.05) is 16.8 Å². The van der Waals surface area contributed by atoms with Crippen molar-refractivity contribution in [2.24, 2.45) is 5.92 Å². The summed E-state index contributed by atoms with van der Waals surface area (Å²) in [4.78, 5) is 12.2. The highest BCUT2D eigenvalue weighted by atomic mass is 79.9. The predicted octanol–water partition coefficient (Wildman–Crippen LogP) is 4.03. The minimum absolute atomic E-state index is 0.163. The molecule has 0 spiro atoms. The van der Waals surface area contributed by atoms with E-state index in [4.69, 9.17) is 0 Å². The Morgan fingerprint density at radius 2 is 1.94 bits per heavy atom. The third kappa shape index (κ3) is 5.41. The molecule has 17 heavy (non-hydrogen) atoms. The summed E-state index contributed by atoms with van der Waals surface area (Å²) < 4.78 is 0. The van der Waals surface area contributed by atoms with Crippen LogP contribution in [-0.2, 0) is 4.79 Å². The molecule has 100 valence electrons. The molecule has 0 aromatic heterocycles. The Morgan fingerprint density at radius 3 is 2.47 bits per heavy atom. The van der Waals surface area contributed by atoms with Crippen LogP contribution in [0.15, 0.2) is 0 Å². The lowest BCUT2D eigenvalue weighted by molar-refractivity contribution is -0.123. The SMILES string of the molecule is CC(Br)C(C)(C)NC(=O)CCC1CCCCC1. The van der Waals surface area contributed by atoms with Crippen molar-refractivity contribution in [2.75, 3.05) is 0 Å². The number of hydrogen-bond donors (Lipinski definition) is 1. The summed E-state index contributed by atoms with van der Waals surface area (Å²) in [5.41, 5.74) is -0.163. The lowest BCUT2D eigenvalue weighted by atomic mass is 9.86. The third-order valence-electron chi connectivity index (χ3n) is 3.96. The van der Waals surface area contributed by atoms with Crippen molar-refractivity contribution in [2.45, 2.75) is 76.1 Å². The molecule has 1 unspecified atom stereocenters. The second-order valence-electron chi connectivity index (χ2n) is 5.93. The van der Waals surface area contributed by atoms with Crippen LogP contribution in [-0.4, -0.2) is 16.3 Å². The Hall–Kier alpha value is -0.0500. The first kappa shape index (κ1) is 15.0. The van der Waals surface area contributed by atoms with E-state index in [0.717, 1.165) is 12.3 Å². The first-order chi connectivity index (χ1) is 7.92. The van der Waals surface area contributed by atoms with Crippen molar-refractivity contribution in [3.8, 4) is 0 Å². The number of carbonyl (C=O) groups is 1. The zero-order chi connectivity index (χ0) is 12.9. The number of nitrogens with one attached hydrogen (secondary N) is 1. The van der Waals surface area contributed by atoms with Gasteiger partial charge in [-0.1, -0.05) is 55.0 Å². The summed E-state index contributed by atoms with van der Waals surface area (Å²) >= 11 is 3.54. The highest BCUT2D eigenvalue weighted by Crippen LogP contribution is 2.27. The van der Waals surface area contributed by atoms with E-state index in [9.17, 15) is 4.79 Å². The molecule has 1 N–H and O–H groups in total. The maximum absolute atomic E-state index is 11.9. The molecule has 1 aliphatic carbocycles. The number of carbonyl (C=O) groups excluding carboxylic acids is 1. The molecule has 2 nitrogen and oxygen atoms in total. The summed E-state index contributed by atoms with van der Waals surface area (Å²) in [6.07, 6.45) is 8.51. The minimum Gasteiger partial charge on any atom is -0.350 e. The van der Waals surface area contributed by atoms with Gasteiger partial charge in [-0.2, -0.15) is 0 Å². The highest BCUT2D eigenvalue weighted by Gasteiger charge is 2.25. The van der Waals surface area contributed by atoms with Gasteiger partial charge in [-0.15, -0.1) is 0 Å². The van der Waals surface area contributed by atoms with Crippen molar-refractivity contribution in [3.63, 3.8) is 0 Å². The fraction of sp³-hybridized carbons (Fsp3) is 0.929. The molecule has 1 fully saturated rings. The second kappa shape index (κ2) is 6.77. The Balaban J connectivity index is 2.25. The average Bonchev–Trinajstić information content (AvgIpc) is 2.27. The largest absolute Gasteiger partial charge is 0.350 e. The fourth-order valence-corrected chi connectivity index (χ4v) is 2.45. The van der Waals surface area contributed by atoms with E-state index < -0.39 is 0 Å². The monoisotopic (exact) mass is 303 g/mol. The molecule has 0 aromatic carbocycles. The summed E-state index contributed by atoms with van der Waals surface area (Å²) in [6, 6.07) is 0. The fourth-order valence-electron chi connectivity index (χ4n) is 2.33. The average molecular weight is 304 g/mol. The molecule has 0 aromatic rings. The first-order valence-electron chi connectivity index (χ1n) is 6.87. The highest BCUT2D eigenvalue weighted by molar-refractivity contribution is 9.09. The van der Waals surface area contributed by atoms with Crippen LogP contribution in [0, 0.1) is 5.92 Å². The molecular weight excluding hydrogens is 278 g/mol. The zero-order valence-corrected chi connectivity index (χ0v) is 13.0. The Kier molecular flexibility index (Phi) is 5.98. The van der Waals surface area contributed by atoms with E-state index in [2.05, 4.69) is 42.0 Å². The molecule has 1 saturated carbocycles. The molecule has 0 aliphatic heterocycles. The van der Waals surface area contributed by atoms with Gasteiger partial charge >= 0.3 is 0 Å². The predicted molar refractivity (Wildman–Crippen MR) is 76.4 cm³/mol. The van der Waals surface area contributed by atoms with E-state index in [1.807, 2.05) is 0 Å². The third-order valence-corrected chi connectivity index (χ3v) is 5.11. The first-order valence-corrected chi connectivity index (χ1v) is 7.78. The van der Waals surface area contributed by atoms with Gasteiger partial charge in [0.2, 0.25) is 5.91 Å². The molecule has 1 atom stereocenters. The van der Waals surface area contributed by atoms with Gasteiger partial charge in [0.1, 0.15) is 0 Å². The van der Waals surface area contributed by atoms with Gasteiger partial charge in [0.05, 0.1) is 0 Å². The van der Waals surface area contributed by atoms with Crippen molar-refractivity contribution in [1.29, 1.82) is 0 Å². The molecule has 1 rings (SSSR count). The molecule has 0 heterocycles. The van der Waals surface area contributed by atoms with Gasteiger partial charge < -0.3 is 5.32 Å². The van der Waals surface area contributed by atoms with Crippen LogP contribution in [0.25, 0.3) is 0 Å². The molecule has 1 amide bonds. The summed E-state index contributed by atoms with van der Waals surface area (Å²) in [6.45, 7) is 6.19. The lowest BCUT2D eigenvalue weighted by Gasteiger charge is -2.30. The van der Waals surface area contributed by atoms with Crippen molar-refractivity contribution >= 4 is 21.8 Å². The Bertz CT molecular complexity index is 245. The van der Waals surface area contributed by atoms with Crippen molar-refractivity contribution in [1.82, 2.24) is 5.32 Å². The summed E-state index contributed by atoms with van der Waals surface area (Å²) in [7, 11) is 0. The van der Waals surface area contributed by atoms with E-state index in [0.29, 0.717) is 6.42 Å². The van der Waals surface area contributed by atoms with E-state index in [-0.39, 0.29) is 16.3 Å². The van der Waals surface area contributed by atoms with Crippen LogP contribution >= 0.6 is 15.9 Å². The van der Waals surface area contributed by atoms with Crippen LogP contribution < -0.4 is 5.32 Å². The maximum Gasteiger partial charge on any atom is 0.220 e. The molecule has 0 saturated heterocycles. The van der Waals surface area contributed by atoms with Gasteiger partial charge in [0.15, 0.2) is 0 Å². The molecule has 0 bridgehead atoms. The van der Waals surface area contributed by atoms with Crippen LogP contribution in [0.3, 0.4) is 0 Å². The zero-order valence-electron chi connectivity index (χ0n) is 11.4. The van der Waals surface area contributed by atoms with Gasteiger partial charge in [-0.05, 0) is 26.2 Å². The van der Waals surface area contributed by atoms with Crippen LogP contribution in [0.4, 0.5) is 0 Å². The topological polar surface area (TPSA) is 29.1 Å². The van der Waals surface area contributed by atoms with E-state index >= 15 is 0 Å². The second-order valence-corrected chi connectivity index (χ2v) is 7.30. The number of amides is 1. The number of rotatable bonds is 5. The quantitative estimate of drug-likeness (QED) is 0.764. The van der Waals surface area contributed by atoms with Gasteiger partial charge in [0.25, 0.3) is 0 Å². The number of hydrogen-bond acceptors (Lipinski definition) is 1. The smallest absolute Gasteiger partial charge is 0.220 e. The van der Waals surface area contributed by atoms with E-state index in [1.165, 1.54) is 32.1 Å². The normalized spacial score (nSPS) is 20.0. The standard InChI is InChI=1S/C14H26BrNO/c1-11(15)14(2,3)16-13(17)10-9-12-7-5-4-6-8-12/h11-12H,4-10H2,1-3H3,(H,16,17). The van der Waals surface area contributed by atoms with Crippen LogP contribution in [0.1, 0.15) is 65.7 Å². The molecule has 0 radical (unpaired) electrons.